The summed E-state index contributed by atoms with van der Waals surface area (Å²) < 4.78 is 12.2. The average Bonchev–Trinajstić information content (AvgIpc) is 3.26. The summed E-state index contributed by atoms with van der Waals surface area (Å²) in [4.78, 5) is 22.8. The van der Waals surface area contributed by atoms with E-state index in [2.05, 4.69) is 39.1 Å². The monoisotopic (exact) mass is 515 g/mol. The molecule has 3 saturated carbocycles. The fourth-order valence-electron chi connectivity index (χ4n) is 9.81. The van der Waals surface area contributed by atoms with Gasteiger partial charge in [0, 0.05) is 39.2 Å². The first-order chi connectivity index (χ1) is 17.4. The Morgan fingerprint density at radius 3 is 2.68 bits per heavy atom. The topological polar surface area (TPSA) is 84.9 Å². The highest BCUT2D eigenvalue weighted by molar-refractivity contribution is 5.72. The Kier molecular flexibility index (Phi) is 7.09. The molecule has 0 radical (unpaired) electrons. The summed E-state index contributed by atoms with van der Waals surface area (Å²) in [5, 5.41) is 14.6. The quantitative estimate of drug-likeness (QED) is 0.366. The summed E-state index contributed by atoms with van der Waals surface area (Å²) in [6.07, 6.45) is 11.8. The van der Waals surface area contributed by atoms with Crippen LogP contribution in [0.15, 0.2) is 11.6 Å². The van der Waals surface area contributed by atoms with Gasteiger partial charge >= 0.3 is 5.97 Å². The van der Waals surface area contributed by atoms with Gasteiger partial charge in [0.15, 0.2) is 5.79 Å². The zero-order valence-corrected chi connectivity index (χ0v) is 23.8. The lowest BCUT2D eigenvalue weighted by Gasteiger charge is -2.58. The van der Waals surface area contributed by atoms with Crippen LogP contribution >= 0.6 is 0 Å². The van der Waals surface area contributed by atoms with E-state index in [-0.39, 0.29) is 40.8 Å². The van der Waals surface area contributed by atoms with Crippen LogP contribution in [0.4, 0.5) is 0 Å². The molecular weight excluding hydrogens is 466 g/mol. The maximum absolute atomic E-state index is 11.7. The first kappa shape index (κ1) is 27.2. The minimum Gasteiger partial charge on any atom is -0.462 e. The number of carbonyl (C=O) groups is 2. The Bertz CT molecular complexity index is 948. The summed E-state index contributed by atoms with van der Waals surface area (Å²) in [7, 11) is 0. The molecule has 0 spiro atoms. The van der Waals surface area contributed by atoms with E-state index in [9.17, 15) is 14.7 Å². The molecule has 2 N–H and O–H groups in total. The van der Waals surface area contributed by atoms with Crippen LogP contribution in [0.25, 0.3) is 0 Å². The smallest absolute Gasteiger partial charge is 0.302 e. The molecule has 208 valence electrons. The van der Waals surface area contributed by atoms with Gasteiger partial charge in [-0.2, -0.15) is 0 Å². The molecule has 0 aromatic heterocycles. The first-order valence-electron chi connectivity index (χ1n) is 14.9. The number of amides is 1. The number of aliphatic hydroxyl groups is 1. The lowest BCUT2D eigenvalue weighted by atomic mass is 9.47. The second-order valence-corrected chi connectivity index (χ2v) is 13.9. The highest BCUT2D eigenvalue weighted by Crippen LogP contribution is 2.70. The van der Waals surface area contributed by atoms with Gasteiger partial charge in [0.2, 0.25) is 5.91 Å². The van der Waals surface area contributed by atoms with Gasteiger partial charge in [0.05, 0.1) is 6.10 Å². The van der Waals surface area contributed by atoms with Crippen molar-refractivity contribution in [2.45, 2.75) is 117 Å². The maximum atomic E-state index is 11.7. The van der Waals surface area contributed by atoms with Crippen molar-refractivity contribution in [1.29, 1.82) is 0 Å². The van der Waals surface area contributed by atoms with E-state index in [4.69, 9.17) is 9.47 Å². The van der Waals surface area contributed by atoms with Crippen molar-refractivity contribution in [2.75, 3.05) is 6.54 Å². The standard InChI is InChI=1S/C31H49NO5/c1-18(17-32-20(3)33)9-14-31(35)19(2)28-27(37-31)16-26-24-8-7-22-15-23(36-21(4)34)10-12-29(22,5)25(24)11-13-30(26,28)6/h7,18-19,23-28,35H,8-17H2,1-6H3,(H,32,33)/t18-,19+,23+,24-,25-,26-,27-,28+,29+,30+,31+/m1/s1. The molecule has 1 heterocycles. The summed E-state index contributed by atoms with van der Waals surface area (Å²) in [6, 6.07) is 0. The number of allylic oxidation sites excluding steroid dienone is 1. The molecule has 1 amide bonds. The van der Waals surface area contributed by atoms with Crippen molar-refractivity contribution < 1.29 is 24.2 Å². The van der Waals surface area contributed by atoms with Crippen LogP contribution in [0, 0.1) is 46.3 Å². The number of hydrogen-bond acceptors (Lipinski definition) is 5. The first-order valence-corrected chi connectivity index (χ1v) is 14.9. The highest BCUT2D eigenvalue weighted by atomic mass is 16.6. The van der Waals surface area contributed by atoms with Gasteiger partial charge in [-0.1, -0.05) is 39.3 Å². The Balaban J connectivity index is 1.28. The summed E-state index contributed by atoms with van der Waals surface area (Å²) in [5.41, 5.74) is 1.95. The molecule has 1 aliphatic heterocycles. The van der Waals surface area contributed by atoms with Crippen LogP contribution in [0.2, 0.25) is 0 Å². The molecule has 37 heavy (non-hydrogen) atoms. The third-order valence-corrected chi connectivity index (χ3v) is 11.8. The lowest BCUT2D eigenvalue weighted by molar-refractivity contribution is -0.220. The molecular formula is C31H49NO5. The van der Waals surface area contributed by atoms with Gasteiger partial charge in [-0.3, -0.25) is 9.59 Å². The Hall–Kier alpha value is -1.40. The summed E-state index contributed by atoms with van der Waals surface area (Å²) >= 11 is 0. The minimum absolute atomic E-state index is 0.00359. The van der Waals surface area contributed by atoms with Crippen LogP contribution in [-0.4, -0.2) is 41.5 Å². The normalized spacial score (nSPS) is 47.1. The summed E-state index contributed by atoms with van der Waals surface area (Å²) in [6.45, 7) is 13.1. The molecule has 0 aromatic carbocycles. The van der Waals surface area contributed by atoms with E-state index in [1.165, 1.54) is 25.3 Å². The molecule has 4 aliphatic carbocycles. The third-order valence-electron chi connectivity index (χ3n) is 11.8. The Morgan fingerprint density at radius 2 is 1.97 bits per heavy atom. The van der Waals surface area contributed by atoms with E-state index < -0.39 is 5.79 Å². The molecule has 0 bridgehead atoms. The van der Waals surface area contributed by atoms with Gasteiger partial charge in [-0.25, -0.2) is 0 Å². The van der Waals surface area contributed by atoms with Gasteiger partial charge < -0.3 is 19.9 Å². The van der Waals surface area contributed by atoms with Crippen LogP contribution < -0.4 is 5.32 Å². The second-order valence-electron chi connectivity index (χ2n) is 13.9. The third kappa shape index (κ3) is 4.58. The molecule has 0 unspecified atom stereocenters. The van der Waals surface area contributed by atoms with Crippen molar-refractivity contribution >= 4 is 11.9 Å². The Labute approximate surface area is 223 Å². The van der Waals surface area contributed by atoms with E-state index in [0.717, 1.165) is 38.5 Å². The van der Waals surface area contributed by atoms with E-state index >= 15 is 0 Å². The fourth-order valence-corrected chi connectivity index (χ4v) is 9.81. The molecule has 11 atom stereocenters. The van der Waals surface area contributed by atoms with Gasteiger partial charge in [0.1, 0.15) is 6.10 Å². The molecule has 1 saturated heterocycles. The van der Waals surface area contributed by atoms with E-state index in [1.807, 2.05) is 0 Å². The van der Waals surface area contributed by atoms with Crippen LogP contribution in [-0.2, 0) is 19.1 Å². The number of ether oxygens (including phenoxy) is 2. The molecule has 0 aromatic rings. The zero-order valence-electron chi connectivity index (χ0n) is 23.8. The van der Waals surface area contributed by atoms with Crippen molar-refractivity contribution in [3.63, 3.8) is 0 Å². The lowest BCUT2D eigenvalue weighted by Crippen LogP contribution is -2.52. The average molecular weight is 516 g/mol. The zero-order chi connectivity index (χ0) is 26.8. The number of carbonyl (C=O) groups excluding carboxylic acids is 2. The highest BCUT2D eigenvalue weighted by Gasteiger charge is 2.67. The fraction of sp³-hybridized carbons (Fsp3) is 0.871. The van der Waals surface area contributed by atoms with Gasteiger partial charge in [-0.05, 0) is 85.4 Å². The largest absolute Gasteiger partial charge is 0.462 e. The molecule has 5 aliphatic rings. The number of hydrogen-bond donors (Lipinski definition) is 2. The molecule has 4 fully saturated rings. The second kappa shape index (κ2) is 9.66. The maximum Gasteiger partial charge on any atom is 0.302 e. The van der Waals surface area contributed by atoms with Gasteiger partial charge in [-0.15, -0.1) is 0 Å². The van der Waals surface area contributed by atoms with Crippen molar-refractivity contribution in [3.05, 3.63) is 11.6 Å². The van der Waals surface area contributed by atoms with Crippen molar-refractivity contribution in [1.82, 2.24) is 5.32 Å². The van der Waals surface area contributed by atoms with Crippen LogP contribution in [0.3, 0.4) is 0 Å². The van der Waals surface area contributed by atoms with Gasteiger partial charge in [0.25, 0.3) is 0 Å². The van der Waals surface area contributed by atoms with E-state index in [0.29, 0.717) is 42.6 Å². The van der Waals surface area contributed by atoms with Crippen LogP contribution in [0.5, 0.6) is 0 Å². The number of rotatable bonds is 6. The SMILES string of the molecule is CC(=O)NC[C@H](C)CC[C@]1(O)O[C@@H]2C[C@@H]3[C@@H]4CC=C5C[C@@H](OC(C)=O)CC[C@]5(C)[C@@H]4CC[C@]3(C)[C@H]2[C@@H]1C. The summed E-state index contributed by atoms with van der Waals surface area (Å²) in [5.74, 6) is 1.58. The Morgan fingerprint density at radius 1 is 1.22 bits per heavy atom. The molecule has 6 heteroatoms. The number of nitrogens with one attached hydrogen (secondary N) is 1. The van der Waals surface area contributed by atoms with Crippen molar-refractivity contribution in [2.24, 2.45) is 46.3 Å². The van der Waals surface area contributed by atoms with Crippen LogP contribution in [0.1, 0.15) is 99.3 Å². The molecule has 6 nitrogen and oxygen atoms in total. The number of esters is 1. The predicted molar refractivity (Wildman–Crippen MR) is 142 cm³/mol. The van der Waals surface area contributed by atoms with E-state index in [1.54, 1.807) is 6.92 Å². The molecule has 5 rings (SSSR count). The number of fused-ring (bicyclic) bond motifs is 7. The van der Waals surface area contributed by atoms with Crippen molar-refractivity contribution in [3.8, 4) is 0 Å². The minimum atomic E-state index is -1.06. The predicted octanol–water partition coefficient (Wildman–Crippen LogP) is 5.38.